The molecule has 0 saturated carbocycles. The van der Waals surface area contributed by atoms with E-state index in [1.54, 1.807) is 0 Å². The van der Waals surface area contributed by atoms with Crippen LogP contribution in [0.3, 0.4) is 0 Å². The van der Waals surface area contributed by atoms with Gasteiger partial charge in [-0.2, -0.15) is 8.42 Å². The number of carbonyl (C=O) groups excluding carboxylic acids is 2. The lowest BCUT2D eigenvalue weighted by Gasteiger charge is -2.18. The van der Waals surface area contributed by atoms with Gasteiger partial charge in [0, 0.05) is 13.0 Å². The van der Waals surface area contributed by atoms with E-state index < -0.39 is 63.2 Å². The number of methoxy groups -OCH3 is 1. The standard InChI is InChI=1S/C12H10F3NO5S/c1-21-12(18)10-7(13)2-3-8(11(10)14)16-5-6(4-9(16)17)22(15,19)20/h2-3,6H,4-5H2,1H3. The topological polar surface area (TPSA) is 80.8 Å². The molecule has 22 heavy (non-hydrogen) atoms. The van der Waals surface area contributed by atoms with Gasteiger partial charge in [-0.25, -0.2) is 13.6 Å². The highest BCUT2D eigenvalue weighted by Gasteiger charge is 2.40. The van der Waals surface area contributed by atoms with Crippen molar-refractivity contribution in [3.63, 3.8) is 0 Å². The second-order valence-electron chi connectivity index (χ2n) is 4.55. The number of ether oxygens (including phenoxy) is 1. The maximum atomic E-state index is 14.2. The molecule has 1 heterocycles. The zero-order valence-corrected chi connectivity index (χ0v) is 12.0. The van der Waals surface area contributed by atoms with Crippen LogP contribution in [0, 0.1) is 11.6 Å². The van der Waals surface area contributed by atoms with Gasteiger partial charge in [0.15, 0.2) is 5.82 Å². The Morgan fingerprint density at radius 3 is 2.50 bits per heavy atom. The van der Waals surface area contributed by atoms with Crippen LogP contribution in [0.5, 0.6) is 0 Å². The molecule has 1 unspecified atom stereocenters. The first kappa shape index (κ1) is 16.3. The van der Waals surface area contributed by atoms with Gasteiger partial charge >= 0.3 is 16.2 Å². The molecule has 1 fully saturated rings. The lowest BCUT2D eigenvalue weighted by Crippen LogP contribution is -2.28. The summed E-state index contributed by atoms with van der Waals surface area (Å²) in [5.74, 6) is -4.72. The van der Waals surface area contributed by atoms with Crippen LogP contribution in [0.2, 0.25) is 0 Å². The number of amides is 1. The SMILES string of the molecule is COC(=O)c1c(F)ccc(N2CC(S(=O)(=O)F)CC2=O)c1F. The summed E-state index contributed by atoms with van der Waals surface area (Å²) in [4.78, 5) is 23.8. The number of halogens is 3. The quantitative estimate of drug-likeness (QED) is 0.611. The Kier molecular flexibility index (Phi) is 4.14. The van der Waals surface area contributed by atoms with E-state index in [0.29, 0.717) is 4.90 Å². The second kappa shape index (κ2) is 5.59. The average Bonchev–Trinajstić information content (AvgIpc) is 2.80. The van der Waals surface area contributed by atoms with Gasteiger partial charge in [-0.15, -0.1) is 3.89 Å². The first-order chi connectivity index (χ1) is 10.2. The van der Waals surface area contributed by atoms with Crippen LogP contribution in [-0.4, -0.2) is 39.2 Å². The van der Waals surface area contributed by atoms with E-state index in [2.05, 4.69) is 4.74 Å². The summed E-state index contributed by atoms with van der Waals surface area (Å²) in [5, 5.41) is -1.63. The molecule has 0 aromatic heterocycles. The first-order valence-electron chi connectivity index (χ1n) is 5.97. The van der Waals surface area contributed by atoms with Crippen molar-refractivity contribution in [3.05, 3.63) is 29.3 Å². The van der Waals surface area contributed by atoms with Crippen LogP contribution >= 0.6 is 0 Å². The Morgan fingerprint density at radius 2 is 2.00 bits per heavy atom. The summed E-state index contributed by atoms with van der Waals surface area (Å²) >= 11 is 0. The molecule has 2 rings (SSSR count). The number of benzene rings is 1. The van der Waals surface area contributed by atoms with Gasteiger partial charge in [-0.1, -0.05) is 0 Å². The van der Waals surface area contributed by atoms with Crippen LogP contribution in [0.4, 0.5) is 18.4 Å². The molecule has 0 bridgehead atoms. The summed E-state index contributed by atoms with van der Waals surface area (Å²) in [6.45, 7) is -0.624. The fraction of sp³-hybridized carbons (Fsp3) is 0.333. The lowest BCUT2D eigenvalue weighted by atomic mass is 10.1. The Balaban J connectivity index is 2.46. The number of rotatable bonds is 3. The highest BCUT2D eigenvalue weighted by Crippen LogP contribution is 2.30. The van der Waals surface area contributed by atoms with Gasteiger partial charge in [0.1, 0.15) is 16.6 Å². The van der Waals surface area contributed by atoms with Crippen molar-refractivity contribution in [1.82, 2.24) is 0 Å². The molecular weight excluding hydrogens is 327 g/mol. The molecule has 6 nitrogen and oxygen atoms in total. The molecule has 0 N–H and O–H groups in total. The summed E-state index contributed by atoms with van der Waals surface area (Å²) < 4.78 is 66.6. The van der Waals surface area contributed by atoms with E-state index in [0.717, 1.165) is 19.2 Å². The molecular formula is C12H10F3NO5S. The molecule has 1 aliphatic heterocycles. The van der Waals surface area contributed by atoms with Crippen LogP contribution in [0.15, 0.2) is 12.1 Å². The maximum absolute atomic E-state index is 14.2. The highest BCUT2D eigenvalue weighted by atomic mass is 32.3. The van der Waals surface area contributed by atoms with Gasteiger partial charge in [-0.3, -0.25) is 4.79 Å². The highest BCUT2D eigenvalue weighted by molar-refractivity contribution is 7.87. The van der Waals surface area contributed by atoms with Crippen LogP contribution in [-0.2, 0) is 19.8 Å². The fourth-order valence-corrected chi connectivity index (χ4v) is 2.80. The number of esters is 1. The summed E-state index contributed by atoms with van der Waals surface area (Å²) in [6, 6.07) is 1.59. The molecule has 0 spiro atoms. The largest absolute Gasteiger partial charge is 0.465 e. The summed E-state index contributed by atoms with van der Waals surface area (Å²) in [6.07, 6.45) is -0.663. The van der Waals surface area contributed by atoms with Crippen molar-refractivity contribution < 1.29 is 35.4 Å². The van der Waals surface area contributed by atoms with E-state index in [9.17, 15) is 30.7 Å². The van der Waals surface area contributed by atoms with Crippen molar-refractivity contribution in [2.24, 2.45) is 0 Å². The third kappa shape index (κ3) is 2.78. The molecule has 1 aromatic rings. The molecule has 1 aliphatic rings. The Bertz CT molecular complexity index is 749. The predicted molar refractivity (Wildman–Crippen MR) is 68.5 cm³/mol. The van der Waals surface area contributed by atoms with E-state index in [-0.39, 0.29) is 0 Å². The van der Waals surface area contributed by atoms with Crippen molar-refractivity contribution in [2.45, 2.75) is 11.7 Å². The minimum atomic E-state index is -4.98. The van der Waals surface area contributed by atoms with Gasteiger partial charge in [0.05, 0.1) is 12.8 Å². The molecule has 0 radical (unpaired) electrons. The Labute approximate surface area is 123 Å². The number of carbonyl (C=O) groups is 2. The smallest absolute Gasteiger partial charge is 0.343 e. The van der Waals surface area contributed by atoms with Crippen molar-refractivity contribution in [1.29, 1.82) is 0 Å². The summed E-state index contributed by atoms with van der Waals surface area (Å²) in [5.41, 5.74) is -1.53. The van der Waals surface area contributed by atoms with Crippen LogP contribution in [0.25, 0.3) is 0 Å². The zero-order valence-electron chi connectivity index (χ0n) is 11.2. The zero-order chi connectivity index (χ0) is 16.7. The lowest BCUT2D eigenvalue weighted by molar-refractivity contribution is -0.117. The van der Waals surface area contributed by atoms with Crippen molar-refractivity contribution in [2.75, 3.05) is 18.6 Å². The van der Waals surface area contributed by atoms with E-state index >= 15 is 0 Å². The molecule has 1 amide bonds. The van der Waals surface area contributed by atoms with Gasteiger partial charge in [0.25, 0.3) is 0 Å². The third-order valence-corrected chi connectivity index (χ3v) is 4.35. The number of hydrogen-bond donors (Lipinski definition) is 0. The minimum Gasteiger partial charge on any atom is -0.465 e. The molecule has 120 valence electrons. The van der Waals surface area contributed by atoms with E-state index in [1.165, 1.54) is 0 Å². The first-order valence-corrected chi connectivity index (χ1v) is 7.41. The Hall–Kier alpha value is -2.10. The van der Waals surface area contributed by atoms with Gasteiger partial charge in [-0.05, 0) is 12.1 Å². The fourth-order valence-electron chi connectivity index (χ4n) is 2.14. The van der Waals surface area contributed by atoms with Crippen molar-refractivity contribution in [3.8, 4) is 0 Å². The number of nitrogens with zero attached hydrogens (tertiary/aromatic N) is 1. The maximum Gasteiger partial charge on any atom is 0.343 e. The van der Waals surface area contributed by atoms with Gasteiger partial charge in [0.2, 0.25) is 5.91 Å². The van der Waals surface area contributed by atoms with Gasteiger partial charge < -0.3 is 9.64 Å². The Morgan fingerprint density at radius 1 is 1.36 bits per heavy atom. The summed E-state index contributed by atoms with van der Waals surface area (Å²) in [7, 11) is -4.06. The molecule has 1 atom stereocenters. The third-order valence-electron chi connectivity index (χ3n) is 3.24. The molecule has 1 aromatic carbocycles. The normalized spacial score (nSPS) is 18.6. The number of hydrogen-bond acceptors (Lipinski definition) is 5. The number of anilines is 1. The predicted octanol–water partition coefficient (Wildman–Crippen LogP) is 1.16. The van der Waals surface area contributed by atoms with E-state index in [4.69, 9.17) is 0 Å². The molecule has 0 aliphatic carbocycles. The van der Waals surface area contributed by atoms with E-state index in [1.807, 2.05) is 0 Å². The molecule has 1 saturated heterocycles. The minimum absolute atomic E-state index is 0.516. The second-order valence-corrected chi connectivity index (χ2v) is 6.17. The molecule has 10 heteroatoms. The van der Waals surface area contributed by atoms with Crippen LogP contribution in [0.1, 0.15) is 16.8 Å². The van der Waals surface area contributed by atoms with Crippen molar-refractivity contribution >= 4 is 27.8 Å². The average molecular weight is 337 g/mol. The monoisotopic (exact) mass is 337 g/mol. The van der Waals surface area contributed by atoms with Crippen LogP contribution < -0.4 is 4.90 Å².